The quantitative estimate of drug-likeness (QED) is 0.544. The Hall–Kier alpha value is -1.71. The highest BCUT2D eigenvalue weighted by Crippen LogP contribution is 2.29. The Labute approximate surface area is 94.9 Å². The normalized spacial score (nSPS) is 11.2. The molecule has 3 N–H and O–H groups in total. The summed E-state index contributed by atoms with van der Waals surface area (Å²) < 4.78 is 0. The van der Waals surface area contributed by atoms with Crippen LogP contribution in [0.4, 0.5) is 5.69 Å². The zero-order valence-electron chi connectivity index (χ0n) is 9.74. The number of nitrogens with one attached hydrogen (secondary N) is 1. The van der Waals surface area contributed by atoms with Crippen molar-refractivity contribution < 1.29 is 15.0 Å². The molecule has 0 heterocycles. The van der Waals surface area contributed by atoms with Crippen LogP contribution in [0.3, 0.4) is 0 Å². The maximum Gasteiger partial charge on any atom is 0.230 e. The van der Waals surface area contributed by atoms with E-state index in [0.717, 1.165) is 0 Å². The third-order valence-corrected chi connectivity index (χ3v) is 2.73. The van der Waals surface area contributed by atoms with Gasteiger partial charge in [-0.15, -0.1) is 0 Å². The van der Waals surface area contributed by atoms with Crippen LogP contribution in [0.1, 0.15) is 27.2 Å². The minimum Gasteiger partial charge on any atom is -0.508 e. The van der Waals surface area contributed by atoms with Crippen LogP contribution >= 0.6 is 0 Å². The first kappa shape index (κ1) is 12.4. The second kappa shape index (κ2) is 4.43. The van der Waals surface area contributed by atoms with Gasteiger partial charge in [-0.2, -0.15) is 0 Å². The monoisotopic (exact) mass is 223 g/mol. The van der Waals surface area contributed by atoms with Gasteiger partial charge in [-0.3, -0.25) is 4.79 Å². The van der Waals surface area contributed by atoms with Gasteiger partial charge in [0.1, 0.15) is 11.5 Å². The van der Waals surface area contributed by atoms with E-state index in [1.54, 1.807) is 0 Å². The molecule has 0 aliphatic heterocycles. The predicted molar refractivity (Wildman–Crippen MR) is 62.5 cm³/mol. The van der Waals surface area contributed by atoms with Gasteiger partial charge in [-0.25, -0.2) is 0 Å². The van der Waals surface area contributed by atoms with Crippen molar-refractivity contribution in [1.82, 2.24) is 0 Å². The van der Waals surface area contributed by atoms with E-state index in [2.05, 4.69) is 5.32 Å². The molecule has 1 aromatic carbocycles. The zero-order valence-corrected chi connectivity index (χ0v) is 9.74. The molecule has 88 valence electrons. The highest BCUT2D eigenvalue weighted by molar-refractivity contribution is 5.96. The fourth-order valence-electron chi connectivity index (χ4n) is 1.08. The second-order valence-electron chi connectivity index (χ2n) is 4.39. The van der Waals surface area contributed by atoms with Crippen LogP contribution in [0.25, 0.3) is 0 Å². The van der Waals surface area contributed by atoms with Gasteiger partial charge >= 0.3 is 0 Å². The van der Waals surface area contributed by atoms with Crippen molar-refractivity contribution in [3.05, 3.63) is 18.2 Å². The molecule has 1 rings (SSSR count). The molecular weight excluding hydrogens is 206 g/mol. The van der Waals surface area contributed by atoms with Gasteiger partial charge in [-0.05, 0) is 18.6 Å². The van der Waals surface area contributed by atoms with Crippen molar-refractivity contribution in [2.24, 2.45) is 5.41 Å². The zero-order chi connectivity index (χ0) is 12.3. The van der Waals surface area contributed by atoms with Crippen molar-refractivity contribution in [3.63, 3.8) is 0 Å². The first-order valence-corrected chi connectivity index (χ1v) is 5.20. The molecule has 1 aromatic rings. The molecule has 0 aromatic heterocycles. The van der Waals surface area contributed by atoms with Crippen LogP contribution in [0.15, 0.2) is 18.2 Å². The smallest absolute Gasteiger partial charge is 0.230 e. The number of rotatable bonds is 3. The van der Waals surface area contributed by atoms with Gasteiger partial charge in [0.05, 0.1) is 5.69 Å². The number of aromatic hydroxyl groups is 2. The van der Waals surface area contributed by atoms with Crippen LogP contribution < -0.4 is 5.32 Å². The number of phenolic OH excluding ortho intramolecular Hbond substituents is 2. The SMILES string of the molecule is CCC(C)(C)C(=O)Nc1cc(O)ccc1O. The summed E-state index contributed by atoms with van der Waals surface area (Å²) >= 11 is 0. The van der Waals surface area contributed by atoms with Crippen LogP contribution in [0.5, 0.6) is 11.5 Å². The maximum atomic E-state index is 11.8. The van der Waals surface area contributed by atoms with Gasteiger partial charge in [0.25, 0.3) is 0 Å². The maximum absolute atomic E-state index is 11.8. The fourth-order valence-corrected chi connectivity index (χ4v) is 1.08. The van der Waals surface area contributed by atoms with Crippen LogP contribution in [-0.4, -0.2) is 16.1 Å². The number of carbonyl (C=O) groups excluding carboxylic acids is 1. The summed E-state index contributed by atoms with van der Waals surface area (Å²) in [5.41, 5.74) is -0.274. The molecule has 0 spiro atoms. The van der Waals surface area contributed by atoms with Gasteiger partial charge in [0, 0.05) is 11.5 Å². The summed E-state index contributed by atoms with van der Waals surface area (Å²) in [4.78, 5) is 11.8. The van der Waals surface area contributed by atoms with Gasteiger partial charge in [-0.1, -0.05) is 20.8 Å². The first-order valence-electron chi connectivity index (χ1n) is 5.20. The summed E-state index contributed by atoms with van der Waals surface area (Å²) in [7, 11) is 0. The van der Waals surface area contributed by atoms with Crippen molar-refractivity contribution in [2.75, 3.05) is 5.32 Å². The highest BCUT2D eigenvalue weighted by Gasteiger charge is 2.25. The summed E-state index contributed by atoms with van der Waals surface area (Å²) in [6, 6.07) is 4.01. The summed E-state index contributed by atoms with van der Waals surface area (Å²) in [5.74, 6) is -0.239. The lowest BCUT2D eigenvalue weighted by atomic mass is 9.89. The minimum atomic E-state index is -0.502. The molecule has 0 aliphatic rings. The van der Waals surface area contributed by atoms with Crippen molar-refractivity contribution in [1.29, 1.82) is 0 Å². The average molecular weight is 223 g/mol. The van der Waals surface area contributed by atoms with Crippen LogP contribution in [0.2, 0.25) is 0 Å². The lowest BCUT2D eigenvalue weighted by Gasteiger charge is -2.21. The minimum absolute atomic E-state index is 0.00223. The number of amides is 1. The van der Waals surface area contributed by atoms with Crippen LogP contribution in [0, 0.1) is 5.41 Å². The van der Waals surface area contributed by atoms with Crippen molar-refractivity contribution in [3.8, 4) is 11.5 Å². The van der Waals surface area contributed by atoms with E-state index in [1.807, 2.05) is 20.8 Å². The Morgan fingerprint density at radius 3 is 2.56 bits per heavy atom. The number of hydrogen-bond acceptors (Lipinski definition) is 3. The molecule has 4 heteroatoms. The molecule has 4 nitrogen and oxygen atoms in total. The molecule has 1 amide bonds. The van der Waals surface area contributed by atoms with E-state index < -0.39 is 5.41 Å². The summed E-state index contributed by atoms with van der Waals surface area (Å²) in [6.45, 7) is 5.56. The first-order chi connectivity index (χ1) is 7.36. The number of phenols is 2. The predicted octanol–water partition coefficient (Wildman–Crippen LogP) is 2.47. The molecule has 0 saturated carbocycles. The number of anilines is 1. The molecule has 0 saturated heterocycles. The van der Waals surface area contributed by atoms with E-state index in [4.69, 9.17) is 0 Å². The summed E-state index contributed by atoms with van der Waals surface area (Å²) in [5, 5.41) is 21.3. The molecule has 0 aliphatic carbocycles. The van der Waals surface area contributed by atoms with Gasteiger partial charge in [0.15, 0.2) is 0 Å². The van der Waals surface area contributed by atoms with Crippen LogP contribution in [-0.2, 0) is 4.79 Å². The number of hydrogen-bond donors (Lipinski definition) is 3. The van der Waals surface area contributed by atoms with E-state index in [-0.39, 0.29) is 23.1 Å². The highest BCUT2D eigenvalue weighted by atomic mass is 16.3. The summed E-state index contributed by atoms with van der Waals surface area (Å²) in [6.07, 6.45) is 0.693. The lowest BCUT2D eigenvalue weighted by Crippen LogP contribution is -2.29. The molecule has 0 fully saturated rings. The molecule has 16 heavy (non-hydrogen) atoms. The second-order valence-corrected chi connectivity index (χ2v) is 4.39. The van der Waals surface area contributed by atoms with Crippen molar-refractivity contribution >= 4 is 11.6 Å². The Kier molecular flexibility index (Phi) is 3.42. The largest absolute Gasteiger partial charge is 0.508 e. The Balaban J connectivity index is 2.89. The van der Waals surface area contributed by atoms with E-state index >= 15 is 0 Å². The number of carbonyl (C=O) groups is 1. The number of benzene rings is 1. The van der Waals surface area contributed by atoms with Gasteiger partial charge < -0.3 is 15.5 Å². The van der Waals surface area contributed by atoms with Gasteiger partial charge in [0.2, 0.25) is 5.91 Å². The Bertz CT molecular complexity index is 399. The Morgan fingerprint density at radius 2 is 2.00 bits per heavy atom. The topological polar surface area (TPSA) is 69.6 Å². The third-order valence-electron chi connectivity index (χ3n) is 2.73. The molecule has 0 radical (unpaired) electrons. The average Bonchev–Trinajstić information content (AvgIpc) is 2.23. The third kappa shape index (κ3) is 2.66. The van der Waals surface area contributed by atoms with E-state index in [1.165, 1.54) is 18.2 Å². The lowest BCUT2D eigenvalue weighted by molar-refractivity contribution is -0.124. The standard InChI is InChI=1S/C12H17NO3/c1-4-12(2,3)11(16)13-9-7-8(14)5-6-10(9)15/h5-7,14-15H,4H2,1-3H3,(H,13,16). The molecular formula is C12H17NO3. The fraction of sp³-hybridized carbons (Fsp3) is 0.417. The Morgan fingerprint density at radius 1 is 1.38 bits per heavy atom. The van der Waals surface area contributed by atoms with E-state index in [9.17, 15) is 15.0 Å². The van der Waals surface area contributed by atoms with E-state index in [0.29, 0.717) is 6.42 Å². The van der Waals surface area contributed by atoms with Crippen molar-refractivity contribution in [2.45, 2.75) is 27.2 Å². The molecule has 0 bridgehead atoms. The molecule has 0 unspecified atom stereocenters. The molecule has 0 atom stereocenters.